The zero-order valence-electron chi connectivity index (χ0n) is 27.0. The molecule has 0 radical (unpaired) electrons. The number of allylic oxidation sites excluding steroid dienone is 1. The van der Waals surface area contributed by atoms with Crippen LogP contribution in [0.1, 0.15) is 67.4 Å². The minimum absolute atomic E-state index is 0.0592. The van der Waals surface area contributed by atoms with Crippen molar-refractivity contribution in [1.29, 1.82) is 0 Å². The van der Waals surface area contributed by atoms with Crippen LogP contribution in [0.15, 0.2) is 48.6 Å². The molecule has 2 N–H and O–H groups in total. The van der Waals surface area contributed by atoms with Crippen LogP contribution in [0.3, 0.4) is 0 Å². The first-order valence-corrected chi connectivity index (χ1v) is 18.2. The van der Waals surface area contributed by atoms with E-state index in [-0.39, 0.29) is 29.9 Å². The summed E-state index contributed by atoms with van der Waals surface area (Å²) in [5.74, 6) is -0.255. The van der Waals surface area contributed by atoms with E-state index in [1.165, 1.54) is 0 Å². The van der Waals surface area contributed by atoms with Gasteiger partial charge in [-0.1, -0.05) is 36.7 Å². The van der Waals surface area contributed by atoms with E-state index in [0.717, 1.165) is 48.9 Å². The van der Waals surface area contributed by atoms with Gasteiger partial charge in [0.25, 0.3) is 5.91 Å². The number of fused-ring (bicyclic) bond motifs is 3. The predicted molar refractivity (Wildman–Crippen MR) is 180 cm³/mol. The van der Waals surface area contributed by atoms with Crippen LogP contribution >= 0.6 is 11.6 Å². The van der Waals surface area contributed by atoms with Crippen molar-refractivity contribution in [2.75, 3.05) is 44.9 Å². The van der Waals surface area contributed by atoms with Crippen molar-refractivity contribution in [3.8, 4) is 5.75 Å². The van der Waals surface area contributed by atoms with Crippen molar-refractivity contribution in [2.24, 2.45) is 17.8 Å². The molecule has 1 saturated carbocycles. The Hall–Kier alpha value is -2.63. The van der Waals surface area contributed by atoms with E-state index in [4.69, 9.17) is 25.8 Å². The maximum absolute atomic E-state index is 13.4. The van der Waals surface area contributed by atoms with Crippen molar-refractivity contribution >= 4 is 33.2 Å². The second-order valence-corrected chi connectivity index (χ2v) is 15.5. The topological polar surface area (TPSA) is 114 Å². The molecule has 252 valence electrons. The molecule has 2 heterocycles. The highest BCUT2D eigenvalue weighted by atomic mass is 35.5. The van der Waals surface area contributed by atoms with Gasteiger partial charge >= 0.3 is 0 Å². The van der Waals surface area contributed by atoms with E-state index >= 15 is 0 Å². The lowest BCUT2D eigenvalue weighted by Crippen LogP contribution is -2.52. The van der Waals surface area contributed by atoms with Crippen LogP contribution in [0, 0.1) is 17.8 Å². The highest BCUT2D eigenvalue weighted by Gasteiger charge is 2.46. The molecule has 2 aliphatic heterocycles. The van der Waals surface area contributed by atoms with E-state index in [2.05, 4.69) is 9.62 Å². The number of halogens is 1. The Kier molecular flexibility index (Phi) is 11.4. The van der Waals surface area contributed by atoms with Crippen molar-refractivity contribution in [2.45, 2.75) is 69.8 Å². The number of sulfonamides is 1. The van der Waals surface area contributed by atoms with Gasteiger partial charge in [-0.3, -0.25) is 4.79 Å². The fraction of sp³-hybridized carbons (Fsp3) is 0.571. The number of aliphatic hydroxyl groups is 1. The Morgan fingerprint density at radius 1 is 1.11 bits per heavy atom. The fourth-order valence-corrected chi connectivity index (χ4v) is 8.21. The van der Waals surface area contributed by atoms with E-state index < -0.39 is 26.8 Å². The zero-order valence-corrected chi connectivity index (χ0v) is 28.6. The smallest absolute Gasteiger partial charge is 0.264 e. The number of nitrogens with one attached hydrogen (secondary N) is 1. The molecule has 5 atom stereocenters. The second kappa shape index (κ2) is 15.1. The highest BCUT2D eigenvalue weighted by Crippen LogP contribution is 2.45. The van der Waals surface area contributed by atoms with Gasteiger partial charge in [0.15, 0.2) is 0 Å². The van der Waals surface area contributed by atoms with E-state index in [1.807, 2.05) is 31.2 Å². The molecular weight excluding hydrogens is 628 g/mol. The van der Waals surface area contributed by atoms with Crippen LogP contribution in [0.4, 0.5) is 5.69 Å². The summed E-state index contributed by atoms with van der Waals surface area (Å²) in [6.45, 7) is 6.03. The van der Waals surface area contributed by atoms with Gasteiger partial charge in [0.1, 0.15) is 18.0 Å². The maximum atomic E-state index is 13.4. The van der Waals surface area contributed by atoms with Crippen LogP contribution < -0.4 is 14.4 Å². The molecule has 2 aromatic rings. The summed E-state index contributed by atoms with van der Waals surface area (Å²) in [6.07, 6.45) is 8.56. The largest absolute Gasteiger partial charge is 0.487 e. The molecule has 0 aromatic heterocycles. The van der Waals surface area contributed by atoms with Crippen molar-refractivity contribution < 1.29 is 32.5 Å². The Labute approximate surface area is 278 Å². The third-order valence-corrected chi connectivity index (χ3v) is 12.1. The fourth-order valence-electron chi connectivity index (χ4n) is 6.73. The lowest BCUT2D eigenvalue weighted by atomic mass is 9.64. The number of hydrogen-bond acceptors (Lipinski definition) is 8. The van der Waals surface area contributed by atoms with E-state index in [0.29, 0.717) is 50.1 Å². The van der Waals surface area contributed by atoms with Gasteiger partial charge < -0.3 is 24.2 Å². The monoisotopic (exact) mass is 674 g/mol. The Balaban J connectivity index is 1.54. The number of rotatable bonds is 5. The number of ether oxygens (including phenoxy) is 3. The third-order valence-electron chi connectivity index (χ3n) is 9.96. The van der Waals surface area contributed by atoms with Gasteiger partial charge in [-0.2, -0.15) is 0 Å². The maximum Gasteiger partial charge on any atom is 0.264 e. The quantitative estimate of drug-likeness (QED) is 0.315. The lowest BCUT2D eigenvalue weighted by molar-refractivity contribution is -0.0993. The molecule has 3 aliphatic rings. The number of nitrogens with zero attached hydrogens (tertiary/aromatic N) is 1. The minimum Gasteiger partial charge on any atom is -0.487 e. The van der Waals surface area contributed by atoms with E-state index in [1.54, 1.807) is 38.3 Å². The molecule has 2 aromatic carbocycles. The first kappa shape index (κ1) is 34.7. The van der Waals surface area contributed by atoms with Crippen molar-refractivity contribution in [3.63, 3.8) is 0 Å². The molecule has 1 aliphatic carbocycles. The molecule has 0 saturated heterocycles. The normalized spacial score (nSPS) is 29.2. The van der Waals surface area contributed by atoms with Gasteiger partial charge in [0, 0.05) is 30.8 Å². The van der Waals surface area contributed by atoms with Crippen LogP contribution in [-0.2, 0) is 32.5 Å². The van der Waals surface area contributed by atoms with Gasteiger partial charge in [-0.15, -0.1) is 0 Å². The molecule has 46 heavy (non-hydrogen) atoms. The van der Waals surface area contributed by atoms with Crippen molar-refractivity contribution in [3.05, 3.63) is 70.3 Å². The molecule has 9 nitrogen and oxygen atoms in total. The number of aryl methyl sites for hydroxylation is 1. The molecule has 5 rings (SSSR count). The lowest BCUT2D eigenvalue weighted by Gasteiger charge is -2.48. The Bertz CT molecular complexity index is 1520. The number of anilines is 1. The number of benzene rings is 2. The predicted octanol–water partition coefficient (Wildman–Crippen LogP) is 5.53. The van der Waals surface area contributed by atoms with Crippen LogP contribution in [0.2, 0.25) is 5.02 Å². The number of carbonyl (C=O) groups excluding carboxylic acids is 1. The standard InChI is InChI=1S/C35H47ClN2O7S/c1-24-7-6-15-35(40,23-44-18-17-43-3)31-13-10-28(31)21-38-16-5-4-8-26-19-30(36)12-9-29(26)22-45-33-14-11-27(20-32(33)38)34(39)37-46(41,42)25(24)2/h6,9,11-12,14-15,19-20,24-25,28,31,40H,4-5,7-8,10,13,16-18,21-23H2,1-3H3,(H,37,39)/b15-6+/t24-,25+,28-,31+,35-/m0/s1. The average molecular weight is 675 g/mol. The Morgan fingerprint density at radius 3 is 2.70 bits per heavy atom. The van der Waals surface area contributed by atoms with Gasteiger partial charge in [-0.05, 0) is 105 Å². The third kappa shape index (κ3) is 8.08. The SMILES string of the molecule is COCCOC[C@@]1(O)/C=C/C[C@H](C)[C@@H](C)S(=O)(=O)NC(=O)c2ccc3c(c2)N(CCCCc2cc(Cl)ccc2CO3)C[C@@H]2CC[C@H]21. The van der Waals surface area contributed by atoms with Crippen LogP contribution in [0.5, 0.6) is 5.75 Å². The minimum atomic E-state index is -3.98. The first-order chi connectivity index (χ1) is 22.0. The summed E-state index contributed by atoms with van der Waals surface area (Å²) < 4.78 is 46.4. The van der Waals surface area contributed by atoms with Crippen LogP contribution in [-0.4, -0.2) is 70.3 Å². The molecule has 1 amide bonds. The second-order valence-electron chi connectivity index (χ2n) is 13.1. The summed E-state index contributed by atoms with van der Waals surface area (Å²) in [4.78, 5) is 15.7. The molecule has 11 heteroatoms. The molecule has 0 unspecified atom stereocenters. The van der Waals surface area contributed by atoms with Gasteiger partial charge in [0.05, 0.1) is 30.8 Å². The molecule has 1 fully saturated rings. The number of hydrogen-bond donors (Lipinski definition) is 2. The summed E-state index contributed by atoms with van der Waals surface area (Å²) in [6, 6.07) is 11.0. The zero-order chi connectivity index (χ0) is 32.9. The summed E-state index contributed by atoms with van der Waals surface area (Å²) in [5.41, 5.74) is 1.97. The number of amides is 1. The van der Waals surface area contributed by atoms with Gasteiger partial charge in [0.2, 0.25) is 10.0 Å². The molecule has 2 bridgehead atoms. The van der Waals surface area contributed by atoms with Crippen molar-refractivity contribution in [1.82, 2.24) is 4.72 Å². The molecule has 0 spiro atoms. The first-order valence-electron chi connectivity index (χ1n) is 16.3. The summed E-state index contributed by atoms with van der Waals surface area (Å²) in [5, 5.41) is 11.9. The van der Waals surface area contributed by atoms with Crippen LogP contribution in [0.25, 0.3) is 0 Å². The number of methoxy groups -OCH3 is 1. The molecular formula is C35H47ClN2O7S. The summed E-state index contributed by atoms with van der Waals surface area (Å²) >= 11 is 6.33. The average Bonchev–Trinajstić information content (AvgIpc) is 3.03. The Morgan fingerprint density at radius 2 is 1.93 bits per heavy atom. The highest BCUT2D eigenvalue weighted by molar-refractivity contribution is 7.90. The van der Waals surface area contributed by atoms with E-state index in [9.17, 15) is 18.3 Å². The van der Waals surface area contributed by atoms with Gasteiger partial charge in [-0.25, -0.2) is 13.1 Å². The summed E-state index contributed by atoms with van der Waals surface area (Å²) in [7, 11) is -2.37. The number of carbonyl (C=O) groups is 1.